The minimum absolute atomic E-state index is 0.382. The summed E-state index contributed by atoms with van der Waals surface area (Å²) in [4.78, 5) is 2.49. The molecule has 0 saturated carbocycles. The van der Waals surface area contributed by atoms with Crippen LogP contribution in [0.2, 0.25) is 0 Å². The second kappa shape index (κ2) is 5.98. The van der Waals surface area contributed by atoms with Crippen molar-refractivity contribution in [3.8, 4) is 5.75 Å². The zero-order chi connectivity index (χ0) is 16.8. The molecule has 128 valence electrons. The van der Waals surface area contributed by atoms with Crippen LogP contribution in [0.4, 0.5) is 5.69 Å². The molecule has 0 N–H and O–H groups in total. The average molecular weight is 338 g/mol. The molecule has 1 saturated heterocycles. The second-order valence-electron chi connectivity index (χ2n) is 7.12. The molecule has 0 bridgehead atoms. The summed E-state index contributed by atoms with van der Waals surface area (Å²) in [7, 11) is -1.47. The van der Waals surface area contributed by atoms with Crippen molar-refractivity contribution in [2.75, 3.05) is 38.2 Å². The van der Waals surface area contributed by atoms with E-state index in [4.69, 9.17) is 4.74 Å². The molecule has 3 rings (SSSR count). The van der Waals surface area contributed by atoms with Gasteiger partial charge in [0.15, 0.2) is 0 Å². The molecule has 0 amide bonds. The van der Waals surface area contributed by atoms with Crippen LogP contribution in [0.25, 0.3) is 0 Å². The number of piperidine rings is 1. The number of ether oxygens (including phenoxy) is 1. The first kappa shape index (κ1) is 16.6. The fraction of sp³-hybridized carbons (Fsp3) is 0.647. The topological polar surface area (TPSA) is 49.9 Å². The lowest BCUT2D eigenvalue weighted by atomic mass is 9.94. The number of likely N-dealkylation sites (N-methyl/N-ethyl adjacent to an activating group) is 1. The summed E-state index contributed by atoms with van der Waals surface area (Å²) in [6.45, 7) is 8.72. The third-order valence-electron chi connectivity index (χ3n) is 4.81. The molecule has 2 aliphatic heterocycles. The van der Waals surface area contributed by atoms with Gasteiger partial charge in [-0.3, -0.25) is 0 Å². The molecule has 1 fully saturated rings. The molecular formula is C17H26N2O3S. The minimum Gasteiger partial charge on any atom is -0.490 e. The van der Waals surface area contributed by atoms with E-state index in [0.29, 0.717) is 42.2 Å². The van der Waals surface area contributed by atoms with Gasteiger partial charge in [0.1, 0.15) is 12.4 Å². The zero-order valence-corrected chi connectivity index (χ0v) is 15.2. The lowest BCUT2D eigenvalue weighted by Crippen LogP contribution is -2.42. The van der Waals surface area contributed by atoms with Crippen LogP contribution in [0.5, 0.6) is 5.75 Å². The Morgan fingerprint density at radius 2 is 1.83 bits per heavy atom. The van der Waals surface area contributed by atoms with Gasteiger partial charge in [0.05, 0.1) is 17.1 Å². The first-order valence-electron chi connectivity index (χ1n) is 8.27. The Morgan fingerprint density at radius 3 is 2.48 bits per heavy atom. The lowest BCUT2D eigenvalue weighted by molar-refractivity contribution is 0.222. The van der Waals surface area contributed by atoms with Crippen molar-refractivity contribution < 1.29 is 13.2 Å². The SMILES string of the molecule is Cc1cc2c(cc1S(=O)(=O)N1C[C@H](C)C[C@H](C)C1)OCCN2C. The first-order valence-corrected chi connectivity index (χ1v) is 9.71. The van der Waals surface area contributed by atoms with Crippen LogP contribution in [0.1, 0.15) is 25.8 Å². The van der Waals surface area contributed by atoms with Gasteiger partial charge in [0.2, 0.25) is 10.0 Å². The molecule has 0 unspecified atom stereocenters. The molecule has 6 heteroatoms. The van der Waals surface area contributed by atoms with Crippen LogP contribution in [0.15, 0.2) is 17.0 Å². The number of anilines is 1. The number of sulfonamides is 1. The van der Waals surface area contributed by atoms with Crippen LogP contribution < -0.4 is 9.64 Å². The molecule has 0 aliphatic carbocycles. The molecule has 0 spiro atoms. The first-order chi connectivity index (χ1) is 10.8. The number of aryl methyl sites for hydroxylation is 1. The molecule has 0 radical (unpaired) electrons. The quantitative estimate of drug-likeness (QED) is 0.831. The molecule has 2 heterocycles. The number of rotatable bonds is 2. The van der Waals surface area contributed by atoms with Gasteiger partial charge in [-0.25, -0.2) is 8.42 Å². The van der Waals surface area contributed by atoms with E-state index < -0.39 is 10.0 Å². The van der Waals surface area contributed by atoms with Gasteiger partial charge < -0.3 is 9.64 Å². The summed E-state index contributed by atoms with van der Waals surface area (Å²) in [5, 5.41) is 0. The highest BCUT2D eigenvalue weighted by Gasteiger charge is 2.33. The van der Waals surface area contributed by atoms with Gasteiger partial charge >= 0.3 is 0 Å². The number of hydrogen-bond acceptors (Lipinski definition) is 4. The maximum Gasteiger partial charge on any atom is 0.243 e. The van der Waals surface area contributed by atoms with Crippen molar-refractivity contribution in [3.63, 3.8) is 0 Å². The van der Waals surface area contributed by atoms with Crippen LogP contribution in [-0.2, 0) is 10.0 Å². The van der Waals surface area contributed by atoms with E-state index in [1.54, 1.807) is 10.4 Å². The Kier molecular flexibility index (Phi) is 4.31. The smallest absolute Gasteiger partial charge is 0.243 e. The lowest BCUT2D eigenvalue weighted by Gasteiger charge is -2.35. The van der Waals surface area contributed by atoms with Crippen molar-refractivity contribution in [1.82, 2.24) is 4.31 Å². The van der Waals surface area contributed by atoms with Crippen LogP contribution in [0.3, 0.4) is 0 Å². The highest BCUT2D eigenvalue weighted by Crippen LogP contribution is 2.37. The Labute approximate surface area is 139 Å². The van der Waals surface area contributed by atoms with Crippen molar-refractivity contribution in [2.24, 2.45) is 11.8 Å². The fourth-order valence-corrected chi connectivity index (χ4v) is 5.60. The third-order valence-corrected chi connectivity index (χ3v) is 6.78. The van der Waals surface area contributed by atoms with Crippen LogP contribution in [0, 0.1) is 18.8 Å². The molecule has 1 aromatic rings. The van der Waals surface area contributed by atoms with E-state index in [-0.39, 0.29) is 0 Å². The summed E-state index contributed by atoms with van der Waals surface area (Å²) in [6, 6.07) is 3.64. The highest BCUT2D eigenvalue weighted by molar-refractivity contribution is 7.89. The van der Waals surface area contributed by atoms with E-state index >= 15 is 0 Å². The molecule has 1 aromatic carbocycles. The van der Waals surface area contributed by atoms with Crippen molar-refractivity contribution >= 4 is 15.7 Å². The van der Waals surface area contributed by atoms with Crippen molar-refractivity contribution in [1.29, 1.82) is 0 Å². The third kappa shape index (κ3) is 3.06. The van der Waals surface area contributed by atoms with Crippen molar-refractivity contribution in [2.45, 2.75) is 32.1 Å². The van der Waals surface area contributed by atoms with Crippen molar-refractivity contribution in [3.05, 3.63) is 17.7 Å². The van der Waals surface area contributed by atoms with E-state index in [2.05, 4.69) is 18.7 Å². The van der Waals surface area contributed by atoms with E-state index in [1.807, 2.05) is 20.0 Å². The predicted molar refractivity (Wildman–Crippen MR) is 91.6 cm³/mol. The molecule has 0 aromatic heterocycles. The maximum absolute atomic E-state index is 13.1. The van der Waals surface area contributed by atoms with E-state index in [0.717, 1.165) is 24.2 Å². The summed E-state index contributed by atoms with van der Waals surface area (Å²) < 4.78 is 33.6. The standard InChI is InChI=1S/C17H26N2O3S/c1-12-7-13(2)11-19(10-12)23(20,21)17-9-16-15(8-14(17)3)18(4)5-6-22-16/h8-9,12-13H,5-7,10-11H2,1-4H3/t12-,13+. The number of fused-ring (bicyclic) bond motifs is 1. The van der Waals surface area contributed by atoms with Crippen LogP contribution in [-0.4, -0.2) is 46.0 Å². The molecular weight excluding hydrogens is 312 g/mol. The minimum atomic E-state index is -3.47. The fourth-order valence-electron chi connectivity index (χ4n) is 3.70. The second-order valence-corrected chi connectivity index (χ2v) is 9.03. The average Bonchev–Trinajstić information content (AvgIpc) is 2.46. The van der Waals surface area contributed by atoms with Crippen LogP contribution >= 0.6 is 0 Å². The number of benzene rings is 1. The van der Waals surface area contributed by atoms with Gasteiger partial charge in [-0.1, -0.05) is 13.8 Å². The molecule has 2 aliphatic rings. The van der Waals surface area contributed by atoms with Gasteiger partial charge in [-0.2, -0.15) is 4.31 Å². The van der Waals surface area contributed by atoms with Gasteiger partial charge in [-0.15, -0.1) is 0 Å². The Hall–Kier alpha value is -1.27. The zero-order valence-electron chi connectivity index (χ0n) is 14.4. The Bertz CT molecular complexity index is 692. The molecule has 23 heavy (non-hydrogen) atoms. The maximum atomic E-state index is 13.1. The van der Waals surface area contributed by atoms with Gasteiger partial charge in [-0.05, 0) is 36.8 Å². The largest absolute Gasteiger partial charge is 0.490 e. The number of hydrogen-bond donors (Lipinski definition) is 0. The Morgan fingerprint density at radius 1 is 1.17 bits per heavy atom. The summed E-state index contributed by atoms with van der Waals surface area (Å²) in [5.41, 5.74) is 1.75. The molecule has 2 atom stereocenters. The normalized spacial score (nSPS) is 25.8. The van der Waals surface area contributed by atoms with E-state index in [9.17, 15) is 8.42 Å². The predicted octanol–water partition coefficient (Wildman–Crippen LogP) is 2.49. The van der Waals surface area contributed by atoms with Gasteiger partial charge in [0, 0.05) is 26.2 Å². The monoisotopic (exact) mass is 338 g/mol. The van der Waals surface area contributed by atoms with E-state index in [1.165, 1.54) is 0 Å². The molecule has 5 nitrogen and oxygen atoms in total. The van der Waals surface area contributed by atoms with Gasteiger partial charge in [0.25, 0.3) is 0 Å². The summed E-state index contributed by atoms with van der Waals surface area (Å²) in [5.74, 6) is 1.46. The summed E-state index contributed by atoms with van der Waals surface area (Å²) in [6.07, 6.45) is 1.09. The number of nitrogens with zero attached hydrogens (tertiary/aromatic N) is 2. The summed E-state index contributed by atoms with van der Waals surface area (Å²) >= 11 is 0. The Balaban J connectivity index is 2.00. The highest BCUT2D eigenvalue weighted by atomic mass is 32.2.